The van der Waals surface area contributed by atoms with Gasteiger partial charge >= 0.3 is 58.4 Å². The van der Waals surface area contributed by atoms with Crippen LogP contribution in [0.3, 0.4) is 0 Å². The van der Waals surface area contributed by atoms with Crippen molar-refractivity contribution in [1.82, 2.24) is 0 Å². The van der Waals surface area contributed by atoms with Crippen LogP contribution >= 0.6 is 0 Å². The summed E-state index contributed by atoms with van der Waals surface area (Å²) in [7, 11) is 0. The van der Waals surface area contributed by atoms with E-state index in [9.17, 15) is 12.9 Å². The quantitative estimate of drug-likeness (QED) is 0.366. The molecule has 13 heavy (non-hydrogen) atoms. The summed E-state index contributed by atoms with van der Waals surface area (Å²) in [6, 6.07) is 0. The van der Waals surface area contributed by atoms with Crippen LogP contribution in [0.25, 0.3) is 0 Å². The molecule has 0 aliphatic heterocycles. The van der Waals surface area contributed by atoms with E-state index in [1.165, 1.54) is 5.57 Å². The van der Waals surface area contributed by atoms with E-state index in [0.29, 0.717) is 6.42 Å². The largest absolute Gasteiger partial charge is 1.00 e. The van der Waals surface area contributed by atoms with E-state index in [2.05, 4.69) is 0 Å². The zero-order chi connectivity index (χ0) is 9.61. The third-order valence-electron chi connectivity index (χ3n) is 1.54. The van der Waals surface area contributed by atoms with E-state index in [1.54, 1.807) is 0 Å². The number of halogens is 3. The first kappa shape index (κ1) is 16.7. The molecular formula is C8H15BF3K. The number of hydrogen-bond acceptors (Lipinski definition) is 0. The summed E-state index contributed by atoms with van der Waals surface area (Å²) in [5, 5.41) is 0. The van der Waals surface area contributed by atoms with Crippen LogP contribution in [0, 0.1) is 0 Å². The van der Waals surface area contributed by atoms with Gasteiger partial charge in [0.15, 0.2) is 0 Å². The van der Waals surface area contributed by atoms with Crippen LogP contribution in [0.15, 0.2) is 11.6 Å². The zero-order valence-electron chi connectivity index (χ0n) is 8.62. The van der Waals surface area contributed by atoms with Gasteiger partial charge in [0, 0.05) is 0 Å². The van der Waals surface area contributed by atoms with Crippen molar-refractivity contribution in [3.8, 4) is 0 Å². The van der Waals surface area contributed by atoms with Crippen LogP contribution in [0.5, 0.6) is 0 Å². The van der Waals surface area contributed by atoms with E-state index in [1.807, 2.05) is 19.9 Å². The topological polar surface area (TPSA) is 0 Å². The monoisotopic (exact) mass is 218 g/mol. The van der Waals surface area contributed by atoms with Crippen LogP contribution in [0.1, 0.15) is 33.1 Å². The molecule has 0 fully saturated rings. The van der Waals surface area contributed by atoms with Gasteiger partial charge in [-0.05, 0) is 20.3 Å². The molecule has 0 aromatic rings. The first-order valence-corrected chi connectivity index (χ1v) is 4.26. The third-order valence-corrected chi connectivity index (χ3v) is 1.54. The van der Waals surface area contributed by atoms with Crippen molar-refractivity contribution in [3.05, 3.63) is 11.6 Å². The summed E-state index contributed by atoms with van der Waals surface area (Å²) in [5.41, 5.74) is 1.17. The standard InChI is InChI=1S/C8H15BF3.K/c1-8(2)6-4-3-5-7-9(10,11)12;/h6H,3-5,7H2,1-2H3;/q-1;+1. The van der Waals surface area contributed by atoms with Crippen LogP contribution in [0.2, 0.25) is 6.32 Å². The Balaban J connectivity index is 0. The molecule has 0 atom stereocenters. The molecule has 0 spiro atoms. The fraction of sp³-hybridized carbons (Fsp3) is 0.750. The molecule has 0 amide bonds. The predicted octanol–water partition coefficient (Wildman–Crippen LogP) is 0.974. The fourth-order valence-corrected chi connectivity index (χ4v) is 0.911. The van der Waals surface area contributed by atoms with Crippen LogP contribution < -0.4 is 51.4 Å². The number of rotatable bonds is 5. The Kier molecular flexibility index (Phi) is 10.9. The molecule has 0 radical (unpaired) electrons. The van der Waals surface area contributed by atoms with Crippen molar-refractivity contribution in [2.75, 3.05) is 0 Å². The Hall–Kier alpha value is 1.23. The van der Waals surface area contributed by atoms with Crippen molar-refractivity contribution < 1.29 is 64.3 Å². The minimum Gasteiger partial charge on any atom is -0.449 e. The Bertz CT molecular complexity index is 150. The molecule has 0 nitrogen and oxygen atoms in total. The van der Waals surface area contributed by atoms with Crippen molar-refractivity contribution in [2.45, 2.75) is 39.4 Å². The molecule has 0 unspecified atom stereocenters. The first-order chi connectivity index (χ1) is 5.42. The van der Waals surface area contributed by atoms with E-state index in [-0.39, 0.29) is 57.8 Å². The van der Waals surface area contributed by atoms with Crippen molar-refractivity contribution in [2.24, 2.45) is 0 Å². The molecule has 72 valence electrons. The van der Waals surface area contributed by atoms with Gasteiger partial charge in [-0.1, -0.05) is 30.8 Å². The second-order valence-electron chi connectivity index (χ2n) is 3.28. The van der Waals surface area contributed by atoms with Gasteiger partial charge in [0.1, 0.15) is 0 Å². The maximum atomic E-state index is 11.7. The van der Waals surface area contributed by atoms with Gasteiger partial charge in [0.2, 0.25) is 0 Å². The molecule has 0 bridgehead atoms. The minimum absolute atomic E-state index is 0. The molecule has 0 N–H and O–H groups in total. The molecule has 0 saturated heterocycles. The maximum Gasteiger partial charge on any atom is 1.00 e. The van der Waals surface area contributed by atoms with Gasteiger partial charge in [0.25, 0.3) is 0 Å². The molecule has 0 aromatic carbocycles. The van der Waals surface area contributed by atoms with Gasteiger partial charge in [-0.15, -0.1) is 0 Å². The molecule has 0 heterocycles. The van der Waals surface area contributed by atoms with E-state index in [0.717, 1.165) is 6.42 Å². The first-order valence-electron chi connectivity index (χ1n) is 4.26. The molecule has 0 rings (SSSR count). The van der Waals surface area contributed by atoms with E-state index >= 15 is 0 Å². The number of allylic oxidation sites excluding steroid dienone is 2. The number of unbranched alkanes of at least 4 members (excludes halogenated alkanes) is 2. The van der Waals surface area contributed by atoms with Crippen molar-refractivity contribution in [3.63, 3.8) is 0 Å². The SMILES string of the molecule is CC(C)=CCCCC[B-](F)(F)F.[K+]. The maximum absolute atomic E-state index is 11.7. The molecule has 0 aliphatic carbocycles. The number of hydrogen-bond donors (Lipinski definition) is 0. The predicted molar refractivity (Wildman–Crippen MR) is 47.2 cm³/mol. The van der Waals surface area contributed by atoms with Crippen LogP contribution in [0.4, 0.5) is 12.9 Å². The van der Waals surface area contributed by atoms with Crippen LogP contribution in [-0.2, 0) is 0 Å². The second kappa shape index (κ2) is 8.53. The summed E-state index contributed by atoms with van der Waals surface area (Å²) in [4.78, 5) is 0. The Morgan fingerprint density at radius 3 is 2.08 bits per heavy atom. The molecule has 5 heteroatoms. The summed E-state index contributed by atoms with van der Waals surface area (Å²) < 4.78 is 35.1. The summed E-state index contributed by atoms with van der Waals surface area (Å²) in [6.45, 7) is -0.650. The Labute approximate surface area is 121 Å². The van der Waals surface area contributed by atoms with Gasteiger partial charge in [-0.2, -0.15) is 0 Å². The van der Waals surface area contributed by atoms with Crippen LogP contribution in [-0.4, -0.2) is 6.98 Å². The van der Waals surface area contributed by atoms with Gasteiger partial charge in [-0.25, -0.2) is 0 Å². The van der Waals surface area contributed by atoms with E-state index in [4.69, 9.17) is 0 Å². The van der Waals surface area contributed by atoms with Crippen molar-refractivity contribution >= 4 is 6.98 Å². The molecule has 0 aliphatic rings. The minimum atomic E-state index is -4.55. The average Bonchev–Trinajstić information content (AvgIpc) is 1.83. The zero-order valence-corrected chi connectivity index (χ0v) is 11.7. The van der Waals surface area contributed by atoms with Crippen molar-refractivity contribution in [1.29, 1.82) is 0 Å². The van der Waals surface area contributed by atoms with Gasteiger partial charge in [-0.3, -0.25) is 0 Å². The fourth-order valence-electron chi connectivity index (χ4n) is 0.911. The Morgan fingerprint density at radius 1 is 1.15 bits per heavy atom. The summed E-state index contributed by atoms with van der Waals surface area (Å²) >= 11 is 0. The normalized spacial score (nSPS) is 10.5. The summed E-state index contributed by atoms with van der Waals surface area (Å²) in [5.74, 6) is 0. The molecule has 0 saturated carbocycles. The molecular weight excluding hydrogens is 203 g/mol. The van der Waals surface area contributed by atoms with Gasteiger partial charge in [0.05, 0.1) is 0 Å². The smallest absolute Gasteiger partial charge is 0.449 e. The van der Waals surface area contributed by atoms with Gasteiger partial charge < -0.3 is 12.9 Å². The third kappa shape index (κ3) is 15.9. The second-order valence-corrected chi connectivity index (χ2v) is 3.28. The average molecular weight is 218 g/mol. The summed E-state index contributed by atoms with van der Waals surface area (Å²) in [6.07, 6.45) is 3.08. The Morgan fingerprint density at radius 2 is 1.69 bits per heavy atom. The van der Waals surface area contributed by atoms with E-state index < -0.39 is 13.3 Å². The molecule has 0 aromatic heterocycles.